The second kappa shape index (κ2) is 5.96. The number of carbonyl (C=O) groups excluding carboxylic acids is 2. The number of fused-ring (bicyclic) bond motifs is 2. The van der Waals surface area contributed by atoms with Gasteiger partial charge in [0.25, 0.3) is 0 Å². The Hall–Kier alpha value is -1.88. The number of piperidine rings is 1. The van der Waals surface area contributed by atoms with Crippen LogP contribution in [-0.4, -0.2) is 46.5 Å². The van der Waals surface area contributed by atoms with Crippen molar-refractivity contribution in [1.82, 2.24) is 9.80 Å². The van der Waals surface area contributed by atoms with E-state index in [0.29, 0.717) is 6.54 Å². The van der Waals surface area contributed by atoms with Crippen LogP contribution in [0.15, 0.2) is 30.3 Å². The summed E-state index contributed by atoms with van der Waals surface area (Å²) in [4.78, 5) is 28.5. The van der Waals surface area contributed by atoms with Gasteiger partial charge in [-0.15, -0.1) is 0 Å². The predicted molar refractivity (Wildman–Crippen MR) is 86.7 cm³/mol. The molecule has 0 aliphatic carbocycles. The van der Waals surface area contributed by atoms with E-state index in [0.717, 1.165) is 19.5 Å². The van der Waals surface area contributed by atoms with Crippen LogP contribution in [0.4, 0.5) is 4.79 Å². The summed E-state index contributed by atoms with van der Waals surface area (Å²) in [5.74, 6) is -0.176. The fourth-order valence-corrected chi connectivity index (χ4v) is 3.43. The molecule has 23 heavy (non-hydrogen) atoms. The number of imide groups is 1. The molecule has 3 rings (SSSR count). The third-order valence-electron chi connectivity index (χ3n) is 4.30. The molecule has 0 radical (unpaired) electrons. The number of likely N-dealkylation sites (tertiary alicyclic amines) is 2. The highest BCUT2D eigenvalue weighted by Crippen LogP contribution is 2.32. The molecule has 0 saturated carbocycles. The van der Waals surface area contributed by atoms with Crippen LogP contribution in [0.2, 0.25) is 0 Å². The summed E-state index contributed by atoms with van der Waals surface area (Å²) in [5, 5.41) is 0. The summed E-state index contributed by atoms with van der Waals surface area (Å²) >= 11 is 0. The molecule has 124 valence electrons. The fraction of sp³-hybridized carbons (Fsp3) is 0.556. The van der Waals surface area contributed by atoms with Crippen LogP contribution < -0.4 is 0 Å². The number of ether oxygens (including phenoxy) is 1. The van der Waals surface area contributed by atoms with Crippen LogP contribution in [0, 0.1) is 5.92 Å². The van der Waals surface area contributed by atoms with Gasteiger partial charge in [0, 0.05) is 19.6 Å². The number of nitrogens with zero attached hydrogens (tertiary/aromatic N) is 2. The van der Waals surface area contributed by atoms with E-state index in [-0.39, 0.29) is 17.9 Å². The van der Waals surface area contributed by atoms with Gasteiger partial charge in [0.15, 0.2) is 0 Å². The van der Waals surface area contributed by atoms with Gasteiger partial charge in [0.2, 0.25) is 5.91 Å². The van der Waals surface area contributed by atoms with E-state index in [4.69, 9.17) is 4.74 Å². The highest BCUT2D eigenvalue weighted by atomic mass is 16.6. The van der Waals surface area contributed by atoms with Gasteiger partial charge < -0.3 is 4.74 Å². The highest BCUT2D eigenvalue weighted by molar-refractivity contribution is 5.96. The molecule has 0 N–H and O–H groups in total. The van der Waals surface area contributed by atoms with Crippen molar-refractivity contribution in [1.29, 1.82) is 0 Å². The van der Waals surface area contributed by atoms with Gasteiger partial charge in [-0.2, -0.15) is 0 Å². The highest BCUT2D eigenvalue weighted by Gasteiger charge is 2.48. The van der Waals surface area contributed by atoms with Crippen LogP contribution in [-0.2, 0) is 16.1 Å². The molecular weight excluding hydrogens is 292 g/mol. The lowest BCUT2D eigenvalue weighted by atomic mass is 9.99. The predicted octanol–water partition coefficient (Wildman–Crippen LogP) is 2.65. The third kappa shape index (κ3) is 3.55. The monoisotopic (exact) mass is 316 g/mol. The van der Waals surface area contributed by atoms with E-state index >= 15 is 0 Å². The molecule has 0 spiro atoms. The lowest BCUT2D eigenvalue weighted by Crippen LogP contribution is -2.45. The van der Waals surface area contributed by atoms with Crippen molar-refractivity contribution in [3.05, 3.63) is 35.9 Å². The molecule has 2 bridgehead atoms. The summed E-state index contributed by atoms with van der Waals surface area (Å²) in [7, 11) is 0. The molecule has 5 heteroatoms. The summed E-state index contributed by atoms with van der Waals surface area (Å²) in [6, 6.07) is 10.1. The number of amides is 2. The molecule has 5 nitrogen and oxygen atoms in total. The Labute approximate surface area is 137 Å². The van der Waals surface area contributed by atoms with Crippen molar-refractivity contribution in [2.45, 2.75) is 45.4 Å². The molecule has 2 atom stereocenters. The van der Waals surface area contributed by atoms with E-state index in [1.807, 2.05) is 39.0 Å². The maximum atomic E-state index is 12.5. The number of hydrogen-bond acceptors (Lipinski definition) is 4. The van der Waals surface area contributed by atoms with Crippen molar-refractivity contribution in [2.24, 2.45) is 5.92 Å². The third-order valence-corrected chi connectivity index (χ3v) is 4.30. The Kier molecular flexibility index (Phi) is 4.15. The van der Waals surface area contributed by atoms with Crippen LogP contribution >= 0.6 is 0 Å². The summed E-state index contributed by atoms with van der Waals surface area (Å²) in [6.45, 7) is 7.70. The number of carbonyl (C=O) groups is 2. The van der Waals surface area contributed by atoms with Crippen molar-refractivity contribution < 1.29 is 14.3 Å². The van der Waals surface area contributed by atoms with Crippen LogP contribution in [0.3, 0.4) is 0 Å². The molecule has 2 aliphatic heterocycles. The minimum absolute atomic E-state index is 0.0696. The Morgan fingerprint density at radius 1 is 1.22 bits per heavy atom. The SMILES string of the molecule is CC(C)(C)OC(=O)N1C(=O)[C@H]2C[C@@H]1CN(Cc1ccccc1)C2. The second-order valence-corrected chi connectivity index (χ2v) is 7.45. The van der Waals surface area contributed by atoms with Crippen LogP contribution in [0.25, 0.3) is 0 Å². The zero-order valence-corrected chi connectivity index (χ0v) is 14.0. The normalized spacial score (nSPS) is 24.8. The van der Waals surface area contributed by atoms with Gasteiger partial charge in [-0.3, -0.25) is 9.69 Å². The zero-order valence-electron chi connectivity index (χ0n) is 14.0. The van der Waals surface area contributed by atoms with Gasteiger partial charge in [-0.05, 0) is 32.8 Å². The Balaban J connectivity index is 1.69. The smallest absolute Gasteiger partial charge is 0.417 e. The first-order valence-corrected chi connectivity index (χ1v) is 8.16. The number of benzene rings is 1. The average molecular weight is 316 g/mol. The number of rotatable bonds is 2. The minimum atomic E-state index is -0.586. The molecule has 2 heterocycles. The largest absolute Gasteiger partial charge is 0.443 e. The Morgan fingerprint density at radius 3 is 2.57 bits per heavy atom. The first-order valence-electron chi connectivity index (χ1n) is 8.16. The molecular formula is C18H24N2O3. The molecule has 2 fully saturated rings. The molecule has 2 saturated heterocycles. The van der Waals surface area contributed by atoms with Crippen molar-refractivity contribution >= 4 is 12.0 Å². The van der Waals surface area contributed by atoms with E-state index in [1.165, 1.54) is 10.5 Å². The van der Waals surface area contributed by atoms with Gasteiger partial charge in [0.05, 0.1) is 12.0 Å². The van der Waals surface area contributed by atoms with Gasteiger partial charge in [0.1, 0.15) is 5.60 Å². The lowest BCUT2D eigenvalue weighted by Gasteiger charge is -2.32. The molecule has 2 aliphatic rings. The quantitative estimate of drug-likeness (QED) is 0.842. The summed E-state index contributed by atoms with van der Waals surface area (Å²) in [5.41, 5.74) is 0.641. The number of hydrogen-bond donors (Lipinski definition) is 0. The van der Waals surface area contributed by atoms with Gasteiger partial charge in [-0.25, -0.2) is 9.69 Å². The van der Waals surface area contributed by atoms with Crippen LogP contribution in [0.5, 0.6) is 0 Å². The lowest BCUT2D eigenvalue weighted by molar-refractivity contribution is -0.130. The van der Waals surface area contributed by atoms with Crippen LogP contribution in [0.1, 0.15) is 32.8 Å². The second-order valence-electron chi connectivity index (χ2n) is 7.45. The Morgan fingerprint density at radius 2 is 1.91 bits per heavy atom. The standard InChI is InChI=1S/C18H24N2O3/c1-18(2,3)23-17(22)20-15-9-14(16(20)21)11-19(12-15)10-13-7-5-4-6-8-13/h4-8,14-15H,9-12H2,1-3H3/t14-,15+/m0/s1. The molecule has 1 aromatic carbocycles. The van der Waals surface area contributed by atoms with E-state index in [9.17, 15) is 9.59 Å². The summed E-state index contributed by atoms with van der Waals surface area (Å²) in [6.07, 6.45) is 0.250. The van der Waals surface area contributed by atoms with E-state index in [1.54, 1.807) is 0 Å². The maximum absolute atomic E-state index is 12.5. The maximum Gasteiger partial charge on any atom is 0.417 e. The molecule has 2 amide bonds. The average Bonchev–Trinajstić information content (AvgIpc) is 2.68. The van der Waals surface area contributed by atoms with E-state index in [2.05, 4.69) is 17.0 Å². The summed E-state index contributed by atoms with van der Waals surface area (Å²) < 4.78 is 5.40. The zero-order chi connectivity index (χ0) is 16.6. The molecule has 0 unspecified atom stereocenters. The first kappa shape index (κ1) is 16.0. The van der Waals surface area contributed by atoms with E-state index < -0.39 is 11.7 Å². The van der Waals surface area contributed by atoms with Crippen molar-refractivity contribution in [3.8, 4) is 0 Å². The molecule has 0 aromatic heterocycles. The van der Waals surface area contributed by atoms with Crippen molar-refractivity contribution in [2.75, 3.05) is 13.1 Å². The van der Waals surface area contributed by atoms with Gasteiger partial charge in [-0.1, -0.05) is 30.3 Å². The fourth-order valence-electron chi connectivity index (χ4n) is 3.43. The minimum Gasteiger partial charge on any atom is -0.443 e. The molecule has 1 aromatic rings. The Bertz CT molecular complexity index is 594. The topological polar surface area (TPSA) is 49.9 Å². The first-order chi connectivity index (χ1) is 10.8. The van der Waals surface area contributed by atoms with Crippen molar-refractivity contribution in [3.63, 3.8) is 0 Å². The van der Waals surface area contributed by atoms with Gasteiger partial charge >= 0.3 is 6.09 Å².